The molecular weight excluding hydrogens is 478 g/mol. The second kappa shape index (κ2) is 8.88. The van der Waals surface area contributed by atoms with Crippen LogP contribution in [0.4, 0.5) is 16.2 Å². The quantitative estimate of drug-likeness (QED) is 0.490. The molecule has 3 aromatic carbocycles. The molecule has 0 saturated heterocycles. The fraction of sp³-hybridized carbons (Fsp3) is 0.0909. The number of nitriles is 1. The Balaban J connectivity index is 1.44. The van der Waals surface area contributed by atoms with E-state index in [1.165, 1.54) is 46.8 Å². The van der Waals surface area contributed by atoms with Crippen molar-refractivity contribution in [2.24, 2.45) is 5.14 Å². The van der Waals surface area contributed by atoms with Crippen LogP contribution < -0.4 is 15.8 Å². The van der Waals surface area contributed by atoms with Crippen LogP contribution in [0, 0.1) is 11.3 Å². The van der Waals surface area contributed by atoms with Crippen molar-refractivity contribution >= 4 is 37.5 Å². The van der Waals surface area contributed by atoms with Gasteiger partial charge in [0.15, 0.2) is 0 Å². The predicted molar refractivity (Wildman–Crippen MR) is 124 cm³/mol. The Kier molecular flexibility index (Phi) is 6.11. The van der Waals surface area contributed by atoms with E-state index in [4.69, 9.17) is 10.4 Å². The lowest BCUT2D eigenvalue weighted by Gasteiger charge is -2.16. The fourth-order valence-electron chi connectivity index (χ4n) is 3.51. The molecule has 0 unspecified atom stereocenters. The molecule has 4 N–H and O–H groups in total. The molecule has 0 aliphatic carbocycles. The average Bonchev–Trinajstić information content (AvgIpc) is 3.23. The first-order valence-corrected chi connectivity index (χ1v) is 12.9. The Morgan fingerprint density at radius 3 is 2.18 bits per heavy atom. The van der Waals surface area contributed by atoms with Crippen molar-refractivity contribution in [2.75, 3.05) is 10.6 Å². The third kappa shape index (κ3) is 4.92. The Morgan fingerprint density at radius 1 is 0.853 bits per heavy atom. The zero-order chi connectivity index (χ0) is 24.5. The topological polar surface area (TPSA) is 162 Å². The summed E-state index contributed by atoms with van der Waals surface area (Å²) in [5.41, 5.74) is 2.49. The molecule has 0 spiro atoms. The van der Waals surface area contributed by atoms with Crippen molar-refractivity contribution < 1.29 is 21.6 Å². The number of carbonyl (C=O) groups excluding carboxylic acids is 1. The zero-order valence-corrected chi connectivity index (χ0v) is 19.2. The smallest absolute Gasteiger partial charge is 0.308 e. The summed E-state index contributed by atoms with van der Waals surface area (Å²) in [6, 6.07) is 17.8. The predicted octanol–water partition coefficient (Wildman–Crippen LogP) is 2.55. The number of nitrogens with zero attached hydrogens (tertiary/aromatic N) is 2. The van der Waals surface area contributed by atoms with Gasteiger partial charge in [-0.05, 0) is 65.7 Å². The molecule has 0 aromatic heterocycles. The highest BCUT2D eigenvalue weighted by Crippen LogP contribution is 2.30. The standard InChI is InChI=1S/C22H19N5O5S2/c23-12-15-2-1-3-19(10-15)26-22(28)25-18-5-8-20(9-6-18)34(31,32)27-13-16-4-7-21(33(24,29)30)11-17(16)14-27/h1-11H,13-14H2,(H2,24,29,30)(H2,25,26,28). The van der Waals surface area contributed by atoms with E-state index in [0.717, 1.165) is 0 Å². The number of anilines is 2. The van der Waals surface area contributed by atoms with Gasteiger partial charge in [-0.3, -0.25) is 0 Å². The Morgan fingerprint density at radius 2 is 1.50 bits per heavy atom. The van der Waals surface area contributed by atoms with Crippen molar-refractivity contribution in [3.8, 4) is 6.07 Å². The van der Waals surface area contributed by atoms with E-state index in [9.17, 15) is 21.6 Å². The summed E-state index contributed by atoms with van der Waals surface area (Å²) in [6.45, 7) is 0.123. The van der Waals surface area contributed by atoms with Crippen molar-refractivity contribution in [1.29, 1.82) is 5.26 Å². The first kappa shape index (κ1) is 23.4. The third-order valence-electron chi connectivity index (χ3n) is 5.20. The molecule has 174 valence electrons. The zero-order valence-electron chi connectivity index (χ0n) is 17.6. The molecule has 1 aliphatic rings. The number of primary sulfonamides is 1. The molecule has 0 fully saturated rings. The molecule has 12 heteroatoms. The minimum absolute atomic E-state index is 0.0190. The van der Waals surface area contributed by atoms with Crippen LogP contribution >= 0.6 is 0 Å². The van der Waals surface area contributed by atoms with Gasteiger partial charge < -0.3 is 10.6 Å². The second-order valence-electron chi connectivity index (χ2n) is 7.54. The molecule has 34 heavy (non-hydrogen) atoms. The maximum absolute atomic E-state index is 13.1. The molecule has 0 saturated carbocycles. The average molecular weight is 498 g/mol. The van der Waals surface area contributed by atoms with Crippen LogP contribution in [0.1, 0.15) is 16.7 Å². The van der Waals surface area contributed by atoms with Crippen molar-refractivity contribution in [2.45, 2.75) is 22.9 Å². The van der Waals surface area contributed by atoms with Gasteiger partial charge in [0.1, 0.15) is 0 Å². The number of nitrogens with two attached hydrogens (primary N) is 1. The van der Waals surface area contributed by atoms with E-state index in [2.05, 4.69) is 10.6 Å². The number of sulfonamides is 2. The highest BCUT2D eigenvalue weighted by molar-refractivity contribution is 7.89. The lowest BCUT2D eigenvalue weighted by Crippen LogP contribution is -2.25. The van der Waals surface area contributed by atoms with E-state index < -0.39 is 26.1 Å². The van der Waals surface area contributed by atoms with Crippen molar-refractivity contribution in [1.82, 2.24) is 4.31 Å². The van der Waals surface area contributed by atoms with Gasteiger partial charge in [0.25, 0.3) is 0 Å². The molecule has 0 radical (unpaired) electrons. The highest BCUT2D eigenvalue weighted by Gasteiger charge is 2.31. The molecule has 1 heterocycles. The van der Waals surface area contributed by atoms with Crippen LogP contribution in [0.25, 0.3) is 0 Å². The van der Waals surface area contributed by atoms with Crippen molar-refractivity contribution in [3.63, 3.8) is 0 Å². The number of hydrogen-bond donors (Lipinski definition) is 3. The first-order valence-electron chi connectivity index (χ1n) is 9.89. The van der Waals surface area contributed by atoms with Gasteiger partial charge in [-0.25, -0.2) is 26.8 Å². The lowest BCUT2D eigenvalue weighted by molar-refractivity contribution is 0.262. The number of hydrogen-bond acceptors (Lipinski definition) is 6. The minimum atomic E-state index is -3.89. The van der Waals surface area contributed by atoms with E-state index >= 15 is 0 Å². The summed E-state index contributed by atoms with van der Waals surface area (Å²) >= 11 is 0. The molecule has 3 aromatic rings. The maximum Gasteiger partial charge on any atom is 0.323 e. The summed E-state index contributed by atoms with van der Waals surface area (Å²) in [4.78, 5) is 12.2. The SMILES string of the molecule is N#Cc1cccc(NC(=O)Nc2ccc(S(=O)(=O)N3Cc4ccc(S(N)(=O)=O)cc4C3)cc2)c1. The normalized spacial score (nSPS) is 13.6. The van der Waals surface area contributed by atoms with Crippen LogP contribution in [0.5, 0.6) is 0 Å². The molecule has 0 bridgehead atoms. The summed E-state index contributed by atoms with van der Waals surface area (Å²) in [5, 5.41) is 19.3. The number of urea groups is 1. The van der Waals surface area contributed by atoms with Crippen LogP contribution in [-0.2, 0) is 33.1 Å². The number of nitrogens with one attached hydrogen (secondary N) is 2. The maximum atomic E-state index is 13.1. The lowest BCUT2D eigenvalue weighted by atomic mass is 10.1. The monoisotopic (exact) mass is 497 g/mol. The number of rotatable bonds is 5. The van der Waals surface area contributed by atoms with Crippen LogP contribution in [0.15, 0.2) is 76.5 Å². The first-order chi connectivity index (χ1) is 16.1. The Labute approximate surface area is 196 Å². The molecular formula is C22H19N5O5S2. The Bertz CT molecular complexity index is 1530. The molecule has 2 amide bonds. The Hall–Kier alpha value is -3.76. The van der Waals surface area contributed by atoms with Gasteiger partial charge in [0.05, 0.1) is 21.4 Å². The van der Waals surface area contributed by atoms with Gasteiger partial charge in [0.2, 0.25) is 20.0 Å². The number of amides is 2. The highest BCUT2D eigenvalue weighted by atomic mass is 32.2. The van der Waals surface area contributed by atoms with E-state index in [0.29, 0.717) is 28.1 Å². The van der Waals surface area contributed by atoms with Gasteiger partial charge in [-0.15, -0.1) is 0 Å². The van der Waals surface area contributed by atoms with Gasteiger partial charge in [-0.1, -0.05) is 12.1 Å². The molecule has 10 nitrogen and oxygen atoms in total. The third-order valence-corrected chi connectivity index (χ3v) is 7.92. The van der Waals surface area contributed by atoms with Crippen LogP contribution in [-0.4, -0.2) is 27.2 Å². The molecule has 1 aliphatic heterocycles. The van der Waals surface area contributed by atoms with Crippen LogP contribution in [0.2, 0.25) is 0 Å². The summed E-state index contributed by atoms with van der Waals surface area (Å²) < 4.78 is 50.5. The van der Waals surface area contributed by atoms with Gasteiger partial charge >= 0.3 is 6.03 Å². The summed E-state index contributed by atoms with van der Waals surface area (Å²) in [5.74, 6) is 0. The minimum Gasteiger partial charge on any atom is -0.308 e. The number of benzene rings is 3. The van der Waals surface area contributed by atoms with Crippen LogP contribution in [0.3, 0.4) is 0 Å². The van der Waals surface area contributed by atoms with Gasteiger partial charge in [-0.2, -0.15) is 9.57 Å². The second-order valence-corrected chi connectivity index (χ2v) is 11.0. The largest absolute Gasteiger partial charge is 0.323 e. The number of fused-ring (bicyclic) bond motifs is 1. The number of carbonyl (C=O) groups is 1. The van der Waals surface area contributed by atoms with E-state index in [-0.39, 0.29) is 22.9 Å². The van der Waals surface area contributed by atoms with E-state index in [1.54, 1.807) is 24.3 Å². The van der Waals surface area contributed by atoms with Gasteiger partial charge in [0, 0.05) is 24.5 Å². The molecule has 0 atom stereocenters. The van der Waals surface area contributed by atoms with Crippen molar-refractivity contribution in [3.05, 3.63) is 83.4 Å². The molecule has 4 rings (SSSR count). The summed E-state index contributed by atoms with van der Waals surface area (Å²) in [6.07, 6.45) is 0. The van der Waals surface area contributed by atoms with E-state index in [1.807, 2.05) is 6.07 Å². The summed E-state index contributed by atoms with van der Waals surface area (Å²) in [7, 11) is -7.75. The fourth-order valence-corrected chi connectivity index (χ4v) is 5.47.